The molecule has 7 heteroatoms. The molecule has 1 rings (SSSR count). The molecule has 0 bridgehead atoms. The van der Waals surface area contributed by atoms with Crippen LogP contribution in [0.25, 0.3) is 0 Å². The van der Waals surface area contributed by atoms with E-state index in [1.54, 1.807) is 12.1 Å². The minimum absolute atomic E-state index is 0.00465. The zero-order valence-electron chi connectivity index (χ0n) is 10.8. The summed E-state index contributed by atoms with van der Waals surface area (Å²) >= 11 is 4.26. The minimum Gasteiger partial charge on any atom is -0.445 e. The molecule has 0 saturated heterocycles. The lowest BCUT2D eigenvalue weighted by molar-refractivity contribution is -0.384. The highest BCUT2D eigenvalue weighted by Crippen LogP contribution is 2.13. The average molecular weight is 284 g/mol. The molecule has 0 aromatic heterocycles. The maximum Gasteiger partial charge on any atom is 0.407 e. The van der Waals surface area contributed by atoms with E-state index in [1.165, 1.54) is 12.1 Å². The summed E-state index contributed by atoms with van der Waals surface area (Å²) in [4.78, 5) is 21.3. The number of ether oxygens (including phenoxy) is 1. The number of amides is 1. The molecule has 0 aliphatic rings. The lowest BCUT2D eigenvalue weighted by Crippen LogP contribution is -2.35. The second-order valence-electron chi connectivity index (χ2n) is 4.67. The van der Waals surface area contributed by atoms with E-state index < -0.39 is 11.0 Å². The molecule has 1 amide bonds. The van der Waals surface area contributed by atoms with Crippen molar-refractivity contribution in [2.24, 2.45) is 0 Å². The van der Waals surface area contributed by atoms with Gasteiger partial charge in [-0.2, -0.15) is 12.6 Å². The Hall–Kier alpha value is -1.76. The number of nitro groups is 1. The molecule has 1 N–H and O–H groups in total. The molecule has 0 radical (unpaired) electrons. The Balaban J connectivity index is 2.40. The summed E-state index contributed by atoms with van der Waals surface area (Å²) in [6.45, 7) is 4.19. The van der Waals surface area contributed by atoms with E-state index in [-0.39, 0.29) is 17.0 Å². The highest BCUT2D eigenvalue weighted by Gasteiger charge is 2.13. The van der Waals surface area contributed by atoms with Crippen LogP contribution in [0.2, 0.25) is 0 Å². The van der Waals surface area contributed by atoms with Crippen molar-refractivity contribution >= 4 is 24.4 Å². The number of rotatable bonds is 5. The smallest absolute Gasteiger partial charge is 0.407 e. The van der Waals surface area contributed by atoms with Crippen LogP contribution in [0.5, 0.6) is 0 Å². The van der Waals surface area contributed by atoms with E-state index >= 15 is 0 Å². The fourth-order valence-corrected chi connectivity index (χ4v) is 1.28. The summed E-state index contributed by atoms with van der Waals surface area (Å²) in [5, 5.41) is 13.0. The van der Waals surface area contributed by atoms with Crippen molar-refractivity contribution in [1.82, 2.24) is 5.32 Å². The van der Waals surface area contributed by atoms with Crippen LogP contribution < -0.4 is 5.32 Å². The highest BCUT2D eigenvalue weighted by molar-refractivity contribution is 7.81. The third-order valence-electron chi connectivity index (χ3n) is 2.18. The van der Waals surface area contributed by atoms with Gasteiger partial charge in [-0.25, -0.2) is 4.79 Å². The monoisotopic (exact) mass is 284 g/mol. The van der Waals surface area contributed by atoms with Gasteiger partial charge in [0.15, 0.2) is 0 Å². The van der Waals surface area contributed by atoms with E-state index in [2.05, 4.69) is 17.9 Å². The van der Waals surface area contributed by atoms with Crippen molar-refractivity contribution < 1.29 is 14.5 Å². The number of hydrogen-bond acceptors (Lipinski definition) is 5. The van der Waals surface area contributed by atoms with Gasteiger partial charge in [-0.1, -0.05) is 0 Å². The lowest BCUT2D eigenvalue weighted by atomic mass is 10.2. The summed E-state index contributed by atoms with van der Waals surface area (Å²) in [7, 11) is 0. The normalized spacial score (nSPS) is 10.9. The summed E-state index contributed by atoms with van der Waals surface area (Å²) in [5.41, 5.74) is 0.691. The van der Waals surface area contributed by atoms with E-state index in [0.717, 1.165) is 0 Å². The molecule has 1 aromatic carbocycles. The standard InChI is InChI=1S/C12H16N2O4S/c1-12(2,19)8-13-11(15)18-7-9-3-5-10(6-4-9)14(16)17/h3-6,19H,7-8H2,1-2H3,(H,13,15). The van der Waals surface area contributed by atoms with Crippen LogP contribution in [0.15, 0.2) is 24.3 Å². The van der Waals surface area contributed by atoms with Crippen LogP contribution in [0, 0.1) is 10.1 Å². The molecule has 0 aliphatic carbocycles. The number of nitro benzene ring substituents is 1. The van der Waals surface area contributed by atoms with Gasteiger partial charge < -0.3 is 10.1 Å². The van der Waals surface area contributed by atoms with Gasteiger partial charge in [-0.3, -0.25) is 10.1 Å². The molecule has 0 unspecified atom stereocenters. The molecule has 19 heavy (non-hydrogen) atoms. The fraction of sp³-hybridized carbons (Fsp3) is 0.417. The molecular weight excluding hydrogens is 268 g/mol. The van der Waals surface area contributed by atoms with Crippen LogP contribution in [-0.2, 0) is 11.3 Å². The Morgan fingerprint density at radius 1 is 1.42 bits per heavy atom. The largest absolute Gasteiger partial charge is 0.445 e. The van der Waals surface area contributed by atoms with E-state index in [1.807, 2.05) is 13.8 Å². The molecule has 104 valence electrons. The van der Waals surface area contributed by atoms with Crippen LogP contribution in [-0.4, -0.2) is 22.3 Å². The van der Waals surface area contributed by atoms with Crippen molar-refractivity contribution in [2.45, 2.75) is 25.2 Å². The van der Waals surface area contributed by atoms with Gasteiger partial charge in [-0.15, -0.1) is 0 Å². The molecule has 0 saturated carbocycles. The predicted molar refractivity (Wildman–Crippen MR) is 74.3 cm³/mol. The summed E-state index contributed by atoms with van der Waals surface area (Å²) < 4.78 is 4.66. The minimum atomic E-state index is -0.541. The Bertz CT molecular complexity index is 454. The van der Waals surface area contributed by atoms with Gasteiger partial charge in [0.1, 0.15) is 6.61 Å². The topological polar surface area (TPSA) is 81.5 Å². The zero-order chi connectivity index (χ0) is 14.5. The molecule has 0 heterocycles. The number of benzene rings is 1. The third kappa shape index (κ3) is 6.10. The van der Waals surface area contributed by atoms with Crippen LogP contribution >= 0.6 is 12.6 Å². The first-order valence-electron chi connectivity index (χ1n) is 5.64. The van der Waals surface area contributed by atoms with Crippen molar-refractivity contribution in [1.29, 1.82) is 0 Å². The average Bonchev–Trinajstić information content (AvgIpc) is 2.33. The van der Waals surface area contributed by atoms with Gasteiger partial charge in [0.2, 0.25) is 0 Å². The number of thiol groups is 1. The molecule has 1 aromatic rings. The maximum absolute atomic E-state index is 11.4. The van der Waals surface area contributed by atoms with E-state index in [9.17, 15) is 14.9 Å². The van der Waals surface area contributed by atoms with Crippen LogP contribution in [0.4, 0.5) is 10.5 Å². The zero-order valence-corrected chi connectivity index (χ0v) is 11.6. The van der Waals surface area contributed by atoms with Crippen molar-refractivity contribution in [2.75, 3.05) is 6.54 Å². The van der Waals surface area contributed by atoms with E-state index in [0.29, 0.717) is 12.1 Å². The first-order valence-corrected chi connectivity index (χ1v) is 6.09. The second-order valence-corrected chi connectivity index (χ2v) is 5.88. The number of nitrogens with zero attached hydrogens (tertiary/aromatic N) is 1. The van der Waals surface area contributed by atoms with Crippen molar-refractivity contribution in [3.8, 4) is 0 Å². The fourth-order valence-electron chi connectivity index (χ4n) is 1.20. The quantitative estimate of drug-likeness (QED) is 0.494. The predicted octanol–water partition coefficient (Wildman–Crippen LogP) is 2.53. The number of non-ortho nitro benzene ring substituents is 1. The SMILES string of the molecule is CC(C)(S)CNC(=O)OCc1ccc([N+](=O)[O-])cc1. The second kappa shape index (κ2) is 6.42. The molecular formula is C12H16N2O4S. The molecule has 0 aliphatic heterocycles. The number of hydrogen-bond donors (Lipinski definition) is 2. The van der Waals surface area contributed by atoms with Crippen molar-refractivity contribution in [3.05, 3.63) is 39.9 Å². The Morgan fingerprint density at radius 3 is 2.47 bits per heavy atom. The van der Waals surface area contributed by atoms with Crippen LogP contribution in [0.1, 0.15) is 19.4 Å². The summed E-state index contributed by atoms with van der Waals surface area (Å²) in [6.07, 6.45) is -0.541. The Labute approximate surface area is 116 Å². The summed E-state index contributed by atoms with van der Waals surface area (Å²) in [5.74, 6) is 0. The first-order chi connectivity index (χ1) is 8.78. The van der Waals surface area contributed by atoms with Gasteiger partial charge in [0.05, 0.1) is 4.92 Å². The van der Waals surface area contributed by atoms with Gasteiger partial charge >= 0.3 is 6.09 Å². The van der Waals surface area contributed by atoms with Gasteiger partial charge in [0.25, 0.3) is 5.69 Å². The number of nitrogens with one attached hydrogen (secondary N) is 1. The molecule has 6 nitrogen and oxygen atoms in total. The number of carbonyl (C=O) groups excluding carboxylic acids is 1. The first kappa shape index (κ1) is 15.3. The van der Waals surface area contributed by atoms with E-state index in [4.69, 9.17) is 4.74 Å². The Kier molecular flexibility index (Phi) is 5.17. The molecule has 0 fully saturated rings. The Morgan fingerprint density at radius 2 is 2.00 bits per heavy atom. The van der Waals surface area contributed by atoms with Crippen LogP contribution in [0.3, 0.4) is 0 Å². The summed E-state index contributed by atoms with van der Waals surface area (Å²) in [6, 6.07) is 5.84. The third-order valence-corrected chi connectivity index (χ3v) is 2.34. The molecule has 0 atom stereocenters. The lowest BCUT2D eigenvalue weighted by Gasteiger charge is -2.17. The highest BCUT2D eigenvalue weighted by atomic mass is 32.1. The molecule has 0 spiro atoms. The van der Waals surface area contributed by atoms with Gasteiger partial charge in [0, 0.05) is 23.4 Å². The maximum atomic E-state index is 11.4. The van der Waals surface area contributed by atoms with Crippen molar-refractivity contribution in [3.63, 3.8) is 0 Å². The number of carbonyl (C=O) groups is 1. The van der Waals surface area contributed by atoms with Gasteiger partial charge in [-0.05, 0) is 31.5 Å². The number of alkyl carbamates (subject to hydrolysis) is 1.